The number of hydrogen-bond donors (Lipinski definition) is 1. The molecule has 1 aliphatic carbocycles. The summed E-state index contributed by atoms with van der Waals surface area (Å²) in [5.74, 6) is 0.441. The van der Waals surface area contributed by atoms with Gasteiger partial charge in [0.25, 0.3) is 0 Å². The van der Waals surface area contributed by atoms with Crippen LogP contribution in [0.5, 0.6) is 0 Å². The maximum absolute atomic E-state index is 11.7. The van der Waals surface area contributed by atoms with Crippen molar-refractivity contribution >= 4 is 17.5 Å². The molecule has 1 rings (SSSR count). The summed E-state index contributed by atoms with van der Waals surface area (Å²) in [5, 5.41) is 2.99. The van der Waals surface area contributed by atoms with E-state index in [9.17, 15) is 4.79 Å². The predicted molar refractivity (Wildman–Crippen MR) is 59.5 cm³/mol. The minimum Gasteiger partial charge on any atom is -0.355 e. The van der Waals surface area contributed by atoms with Gasteiger partial charge in [0.1, 0.15) is 0 Å². The van der Waals surface area contributed by atoms with Crippen LogP contribution in [0.25, 0.3) is 0 Å². The van der Waals surface area contributed by atoms with E-state index in [2.05, 4.69) is 12.2 Å². The molecule has 0 aromatic heterocycles. The number of rotatable bonds is 4. The number of carbonyl (C=O) groups excluding carboxylic acids is 1. The lowest BCUT2D eigenvalue weighted by Gasteiger charge is -2.39. The first-order valence-electron chi connectivity index (χ1n) is 5.24. The molecule has 2 nitrogen and oxygen atoms in total. The van der Waals surface area contributed by atoms with E-state index < -0.39 is 5.41 Å². The molecular formula is C11H20ClNO. The van der Waals surface area contributed by atoms with Crippen molar-refractivity contribution in [1.82, 2.24) is 5.32 Å². The Labute approximate surface area is 91.4 Å². The third-order valence-corrected chi connectivity index (χ3v) is 3.85. The van der Waals surface area contributed by atoms with Crippen LogP contribution in [0, 0.1) is 10.8 Å². The maximum atomic E-state index is 11.7. The van der Waals surface area contributed by atoms with Crippen LogP contribution in [0.1, 0.15) is 40.0 Å². The average Bonchev–Trinajstić information content (AvgIpc) is 2.11. The summed E-state index contributed by atoms with van der Waals surface area (Å²) < 4.78 is 0. The van der Waals surface area contributed by atoms with Crippen molar-refractivity contribution in [3.05, 3.63) is 0 Å². The van der Waals surface area contributed by atoms with Gasteiger partial charge in [-0.25, -0.2) is 0 Å². The van der Waals surface area contributed by atoms with Gasteiger partial charge in [0, 0.05) is 12.4 Å². The largest absolute Gasteiger partial charge is 0.355 e. The topological polar surface area (TPSA) is 29.1 Å². The molecular weight excluding hydrogens is 198 g/mol. The highest BCUT2D eigenvalue weighted by atomic mass is 35.5. The Hall–Kier alpha value is -0.240. The minimum absolute atomic E-state index is 0.0700. The first-order valence-corrected chi connectivity index (χ1v) is 5.77. The van der Waals surface area contributed by atoms with Crippen LogP contribution in [0.3, 0.4) is 0 Å². The zero-order chi connectivity index (χ0) is 10.8. The van der Waals surface area contributed by atoms with Gasteiger partial charge < -0.3 is 5.32 Å². The van der Waals surface area contributed by atoms with E-state index in [-0.39, 0.29) is 5.91 Å². The fourth-order valence-corrected chi connectivity index (χ4v) is 1.67. The molecule has 1 aliphatic rings. The van der Waals surface area contributed by atoms with Crippen LogP contribution in [0.4, 0.5) is 0 Å². The third kappa shape index (κ3) is 2.63. The molecule has 1 N–H and O–H groups in total. The maximum Gasteiger partial charge on any atom is 0.226 e. The Morgan fingerprint density at radius 1 is 1.50 bits per heavy atom. The standard InChI is InChI=1S/C11H20ClNO/c1-10(2,7-12)9(14)13-8-11(3)5-4-6-11/h4-8H2,1-3H3,(H,13,14). The average molecular weight is 218 g/mol. The van der Waals surface area contributed by atoms with Crippen molar-refractivity contribution in [2.24, 2.45) is 10.8 Å². The second-order valence-electron chi connectivity index (χ2n) is 5.36. The van der Waals surface area contributed by atoms with E-state index in [0.717, 1.165) is 6.54 Å². The lowest BCUT2D eigenvalue weighted by Crippen LogP contribution is -2.45. The summed E-state index contributed by atoms with van der Waals surface area (Å²) in [7, 11) is 0. The Morgan fingerprint density at radius 3 is 2.43 bits per heavy atom. The van der Waals surface area contributed by atoms with E-state index >= 15 is 0 Å². The summed E-state index contributed by atoms with van der Waals surface area (Å²) >= 11 is 5.73. The highest BCUT2D eigenvalue weighted by Gasteiger charge is 2.34. The summed E-state index contributed by atoms with van der Waals surface area (Å²) in [6.07, 6.45) is 3.76. The first-order chi connectivity index (χ1) is 6.40. The van der Waals surface area contributed by atoms with E-state index in [1.807, 2.05) is 13.8 Å². The zero-order valence-electron chi connectivity index (χ0n) is 9.32. The SMILES string of the molecule is CC1(CNC(=O)C(C)(C)CCl)CCC1. The molecule has 1 amide bonds. The smallest absolute Gasteiger partial charge is 0.226 e. The molecule has 0 heterocycles. The number of alkyl halides is 1. The zero-order valence-corrected chi connectivity index (χ0v) is 10.1. The number of halogens is 1. The van der Waals surface area contributed by atoms with Crippen LogP contribution >= 0.6 is 11.6 Å². The van der Waals surface area contributed by atoms with Gasteiger partial charge in [0.05, 0.1) is 5.41 Å². The molecule has 0 aromatic carbocycles. The van der Waals surface area contributed by atoms with Crippen LogP contribution in [0.2, 0.25) is 0 Å². The second-order valence-corrected chi connectivity index (χ2v) is 5.63. The third-order valence-electron chi connectivity index (χ3n) is 3.19. The van der Waals surface area contributed by atoms with E-state index in [4.69, 9.17) is 11.6 Å². The van der Waals surface area contributed by atoms with Crippen molar-refractivity contribution in [2.75, 3.05) is 12.4 Å². The summed E-state index contributed by atoms with van der Waals surface area (Å²) in [5.41, 5.74) is -0.0975. The molecule has 82 valence electrons. The molecule has 1 fully saturated rings. The Bertz CT molecular complexity index is 221. The van der Waals surface area contributed by atoms with E-state index in [0.29, 0.717) is 11.3 Å². The molecule has 0 aliphatic heterocycles. The Balaban J connectivity index is 2.34. The monoisotopic (exact) mass is 217 g/mol. The van der Waals surface area contributed by atoms with Gasteiger partial charge in [-0.05, 0) is 32.1 Å². The summed E-state index contributed by atoms with van der Waals surface area (Å²) in [4.78, 5) is 11.7. The first kappa shape index (κ1) is 11.8. The number of carbonyl (C=O) groups is 1. The lowest BCUT2D eigenvalue weighted by atomic mass is 9.70. The van der Waals surface area contributed by atoms with Gasteiger partial charge in [-0.1, -0.05) is 13.3 Å². The van der Waals surface area contributed by atoms with Gasteiger partial charge in [-0.2, -0.15) is 0 Å². The molecule has 1 saturated carbocycles. The van der Waals surface area contributed by atoms with Crippen molar-refractivity contribution < 1.29 is 4.79 Å². The normalized spacial score (nSPS) is 20.0. The molecule has 0 spiro atoms. The van der Waals surface area contributed by atoms with Gasteiger partial charge in [0.15, 0.2) is 0 Å². The van der Waals surface area contributed by atoms with Crippen molar-refractivity contribution in [1.29, 1.82) is 0 Å². The van der Waals surface area contributed by atoms with Crippen molar-refractivity contribution in [3.8, 4) is 0 Å². The predicted octanol–water partition coefficient (Wildman–Crippen LogP) is 2.56. The molecule has 0 radical (unpaired) electrons. The molecule has 0 unspecified atom stereocenters. The number of hydrogen-bond acceptors (Lipinski definition) is 1. The molecule has 0 saturated heterocycles. The van der Waals surface area contributed by atoms with Crippen LogP contribution in [-0.4, -0.2) is 18.3 Å². The second kappa shape index (κ2) is 4.09. The molecule has 0 aromatic rings. The van der Waals surface area contributed by atoms with E-state index in [1.165, 1.54) is 19.3 Å². The van der Waals surface area contributed by atoms with Gasteiger partial charge in [-0.3, -0.25) is 4.79 Å². The minimum atomic E-state index is -0.443. The van der Waals surface area contributed by atoms with Crippen molar-refractivity contribution in [3.63, 3.8) is 0 Å². The summed E-state index contributed by atoms with van der Waals surface area (Å²) in [6.45, 7) is 6.77. The van der Waals surface area contributed by atoms with E-state index in [1.54, 1.807) is 0 Å². The Kier molecular flexibility index (Phi) is 3.46. The van der Waals surface area contributed by atoms with Crippen LogP contribution in [-0.2, 0) is 4.79 Å². The number of nitrogens with one attached hydrogen (secondary N) is 1. The van der Waals surface area contributed by atoms with Crippen LogP contribution in [0.15, 0.2) is 0 Å². The molecule has 0 bridgehead atoms. The van der Waals surface area contributed by atoms with Gasteiger partial charge >= 0.3 is 0 Å². The lowest BCUT2D eigenvalue weighted by molar-refractivity contribution is -0.129. The Morgan fingerprint density at radius 2 is 2.07 bits per heavy atom. The molecule has 0 atom stereocenters. The highest BCUT2D eigenvalue weighted by Crippen LogP contribution is 2.39. The molecule has 3 heteroatoms. The van der Waals surface area contributed by atoms with Crippen LogP contribution < -0.4 is 5.32 Å². The highest BCUT2D eigenvalue weighted by molar-refractivity contribution is 6.19. The molecule has 14 heavy (non-hydrogen) atoms. The van der Waals surface area contributed by atoms with Crippen molar-refractivity contribution in [2.45, 2.75) is 40.0 Å². The fraction of sp³-hybridized carbons (Fsp3) is 0.909. The number of amides is 1. The van der Waals surface area contributed by atoms with Gasteiger partial charge in [-0.15, -0.1) is 11.6 Å². The fourth-order valence-electron chi connectivity index (χ4n) is 1.55. The summed E-state index contributed by atoms with van der Waals surface area (Å²) in [6, 6.07) is 0. The quantitative estimate of drug-likeness (QED) is 0.721. The van der Waals surface area contributed by atoms with Gasteiger partial charge in [0.2, 0.25) is 5.91 Å².